The van der Waals surface area contributed by atoms with Crippen molar-refractivity contribution in [2.45, 2.75) is 6.42 Å². The second-order valence-electron chi connectivity index (χ2n) is 2.04. The first-order valence-corrected chi connectivity index (χ1v) is 2.99. The summed E-state index contributed by atoms with van der Waals surface area (Å²) in [6, 6.07) is 0. The topological polar surface area (TPSA) is 93.2 Å². The molecule has 1 aliphatic rings. The molecule has 0 saturated carbocycles. The van der Waals surface area contributed by atoms with Crippen LogP contribution in [0, 0.1) is 0 Å². The van der Waals surface area contributed by atoms with Crippen molar-refractivity contribution >= 4 is 5.91 Å². The molecule has 1 aliphatic heterocycles. The molecule has 5 heteroatoms. The summed E-state index contributed by atoms with van der Waals surface area (Å²) in [4.78, 5) is 10.8. The predicted molar refractivity (Wildman–Crippen MR) is 36.2 cm³/mol. The first-order chi connectivity index (χ1) is 4.75. The molecule has 0 bridgehead atoms. The third-order valence-corrected chi connectivity index (χ3v) is 1.40. The maximum absolute atomic E-state index is 10.8. The van der Waals surface area contributed by atoms with Gasteiger partial charge in [0.2, 0.25) is 0 Å². The van der Waals surface area contributed by atoms with Gasteiger partial charge in [-0.1, -0.05) is 0 Å². The number of nitrogens with one attached hydrogen (secondary N) is 2. The lowest BCUT2D eigenvalue weighted by Gasteiger charge is -2.16. The lowest BCUT2D eigenvalue weighted by Crippen LogP contribution is -2.40. The first kappa shape index (κ1) is 6.88. The molecule has 0 aromatic carbocycles. The SMILES string of the molecule is NNC1=C(N)C(=O)NCC1. The Labute approximate surface area is 58.4 Å². The molecular weight excluding hydrogens is 132 g/mol. The minimum absolute atomic E-state index is 0.189. The Morgan fingerprint density at radius 1 is 1.60 bits per heavy atom. The van der Waals surface area contributed by atoms with Gasteiger partial charge in [0.05, 0.1) is 5.70 Å². The zero-order valence-corrected chi connectivity index (χ0v) is 5.48. The van der Waals surface area contributed by atoms with E-state index in [2.05, 4.69) is 10.7 Å². The van der Waals surface area contributed by atoms with Crippen molar-refractivity contribution in [2.75, 3.05) is 6.54 Å². The molecule has 0 fully saturated rings. The maximum Gasteiger partial charge on any atom is 0.269 e. The van der Waals surface area contributed by atoms with Gasteiger partial charge in [-0.15, -0.1) is 0 Å². The fourth-order valence-corrected chi connectivity index (χ4v) is 0.818. The molecule has 0 atom stereocenters. The number of hydrogen-bond acceptors (Lipinski definition) is 4. The van der Waals surface area contributed by atoms with E-state index in [9.17, 15) is 4.79 Å². The van der Waals surface area contributed by atoms with Crippen LogP contribution in [-0.2, 0) is 4.79 Å². The third-order valence-electron chi connectivity index (χ3n) is 1.40. The number of carbonyl (C=O) groups excluding carboxylic acids is 1. The highest BCUT2D eigenvalue weighted by Gasteiger charge is 2.15. The lowest BCUT2D eigenvalue weighted by molar-refractivity contribution is -0.118. The molecule has 1 heterocycles. The number of hydrazine groups is 1. The van der Waals surface area contributed by atoms with Crippen molar-refractivity contribution in [1.29, 1.82) is 0 Å². The van der Waals surface area contributed by atoms with Crippen molar-refractivity contribution < 1.29 is 4.79 Å². The van der Waals surface area contributed by atoms with Crippen LogP contribution in [0.2, 0.25) is 0 Å². The van der Waals surface area contributed by atoms with Crippen LogP contribution in [-0.4, -0.2) is 12.5 Å². The van der Waals surface area contributed by atoms with Gasteiger partial charge in [0, 0.05) is 13.0 Å². The highest BCUT2D eigenvalue weighted by molar-refractivity contribution is 5.93. The van der Waals surface area contributed by atoms with Gasteiger partial charge in [-0.2, -0.15) is 0 Å². The van der Waals surface area contributed by atoms with E-state index >= 15 is 0 Å². The van der Waals surface area contributed by atoms with Crippen LogP contribution < -0.4 is 22.3 Å². The Hall–Kier alpha value is -1.23. The number of carbonyl (C=O) groups is 1. The van der Waals surface area contributed by atoms with Crippen molar-refractivity contribution in [3.63, 3.8) is 0 Å². The van der Waals surface area contributed by atoms with Crippen molar-refractivity contribution in [1.82, 2.24) is 10.7 Å². The van der Waals surface area contributed by atoms with E-state index in [1.807, 2.05) is 0 Å². The molecule has 0 radical (unpaired) electrons. The van der Waals surface area contributed by atoms with Gasteiger partial charge in [-0.25, -0.2) is 0 Å². The van der Waals surface area contributed by atoms with Crippen LogP contribution in [0.15, 0.2) is 11.4 Å². The monoisotopic (exact) mass is 142 g/mol. The highest BCUT2D eigenvalue weighted by Crippen LogP contribution is 2.03. The zero-order chi connectivity index (χ0) is 7.56. The smallest absolute Gasteiger partial charge is 0.269 e. The molecule has 0 saturated heterocycles. The molecular formula is C5H10N4O. The summed E-state index contributed by atoms with van der Waals surface area (Å²) in [6.07, 6.45) is 0.675. The zero-order valence-electron chi connectivity index (χ0n) is 5.48. The molecule has 0 aromatic heterocycles. The molecule has 1 amide bonds. The maximum atomic E-state index is 10.8. The quantitative estimate of drug-likeness (QED) is 0.255. The summed E-state index contributed by atoms with van der Waals surface area (Å²) in [5.74, 6) is 4.84. The molecule has 6 N–H and O–H groups in total. The number of nitrogens with two attached hydrogens (primary N) is 2. The average Bonchev–Trinajstić information content (AvgIpc) is 1.95. The molecule has 0 spiro atoms. The van der Waals surface area contributed by atoms with E-state index in [1.54, 1.807) is 0 Å². The van der Waals surface area contributed by atoms with Crippen LogP contribution in [0.25, 0.3) is 0 Å². The Balaban J connectivity index is 2.82. The largest absolute Gasteiger partial charge is 0.393 e. The highest BCUT2D eigenvalue weighted by atomic mass is 16.2. The average molecular weight is 142 g/mol. The summed E-state index contributed by atoms with van der Waals surface area (Å²) in [5.41, 5.74) is 8.54. The van der Waals surface area contributed by atoms with Gasteiger partial charge in [-0.05, 0) is 0 Å². The van der Waals surface area contributed by atoms with E-state index in [-0.39, 0.29) is 11.6 Å². The fraction of sp³-hybridized carbons (Fsp3) is 0.400. The van der Waals surface area contributed by atoms with E-state index in [4.69, 9.17) is 11.6 Å². The van der Waals surface area contributed by atoms with E-state index < -0.39 is 0 Å². The summed E-state index contributed by atoms with van der Waals surface area (Å²) >= 11 is 0. The number of hydrogen-bond donors (Lipinski definition) is 4. The molecule has 56 valence electrons. The molecule has 0 aliphatic carbocycles. The molecule has 1 rings (SSSR count). The van der Waals surface area contributed by atoms with Gasteiger partial charge >= 0.3 is 0 Å². The summed E-state index contributed by atoms with van der Waals surface area (Å²) < 4.78 is 0. The third kappa shape index (κ3) is 1.03. The first-order valence-electron chi connectivity index (χ1n) is 2.99. The standard InChI is InChI=1S/C5H10N4O/c6-4-3(9-7)1-2-8-5(4)10/h9H,1-2,6-7H2,(H,8,10). The second kappa shape index (κ2) is 2.57. The van der Waals surface area contributed by atoms with Crippen molar-refractivity contribution in [3.8, 4) is 0 Å². The lowest BCUT2D eigenvalue weighted by atomic mass is 10.2. The van der Waals surface area contributed by atoms with Crippen LogP contribution in [0.5, 0.6) is 0 Å². The molecule has 10 heavy (non-hydrogen) atoms. The Morgan fingerprint density at radius 3 is 2.80 bits per heavy atom. The van der Waals surface area contributed by atoms with Gasteiger partial charge in [0.25, 0.3) is 5.91 Å². The Kier molecular flexibility index (Phi) is 1.77. The van der Waals surface area contributed by atoms with Crippen LogP contribution in [0.4, 0.5) is 0 Å². The van der Waals surface area contributed by atoms with E-state index in [0.29, 0.717) is 18.7 Å². The van der Waals surface area contributed by atoms with Gasteiger partial charge in [0.15, 0.2) is 0 Å². The van der Waals surface area contributed by atoms with Crippen LogP contribution in [0.1, 0.15) is 6.42 Å². The van der Waals surface area contributed by atoms with Gasteiger partial charge < -0.3 is 16.5 Å². The summed E-state index contributed by atoms with van der Waals surface area (Å²) in [6.45, 7) is 0.596. The number of amides is 1. The minimum Gasteiger partial charge on any atom is -0.393 e. The minimum atomic E-state index is -0.251. The number of rotatable bonds is 1. The molecule has 5 nitrogen and oxygen atoms in total. The summed E-state index contributed by atoms with van der Waals surface area (Å²) in [5, 5.41) is 2.58. The van der Waals surface area contributed by atoms with Crippen LogP contribution >= 0.6 is 0 Å². The van der Waals surface area contributed by atoms with Gasteiger partial charge in [-0.3, -0.25) is 10.6 Å². The second-order valence-corrected chi connectivity index (χ2v) is 2.04. The van der Waals surface area contributed by atoms with E-state index in [0.717, 1.165) is 0 Å². The Morgan fingerprint density at radius 2 is 2.30 bits per heavy atom. The predicted octanol–water partition coefficient (Wildman–Crippen LogP) is -1.86. The molecule has 0 unspecified atom stereocenters. The fourth-order valence-electron chi connectivity index (χ4n) is 0.818. The van der Waals surface area contributed by atoms with E-state index in [1.165, 1.54) is 0 Å². The summed E-state index contributed by atoms with van der Waals surface area (Å²) in [7, 11) is 0. The van der Waals surface area contributed by atoms with Crippen molar-refractivity contribution in [3.05, 3.63) is 11.4 Å². The van der Waals surface area contributed by atoms with Gasteiger partial charge in [0.1, 0.15) is 5.70 Å². The van der Waals surface area contributed by atoms with Crippen LogP contribution in [0.3, 0.4) is 0 Å². The molecule has 0 aromatic rings. The normalized spacial score (nSPS) is 18.7. The Bertz CT molecular complexity index is 186. The van der Waals surface area contributed by atoms with Crippen molar-refractivity contribution in [2.24, 2.45) is 11.6 Å².